The second kappa shape index (κ2) is 11.9. The number of nitrogens with zero attached hydrogens (tertiary/aromatic N) is 3. The summed E-state index contributed by atoms with van der Waals surface area (Å²) in [7, 11) is 0. The van der Waals surface area contributed by atoms with Gasteiger partial charge < -0.3 is 19.5 Å². The molecule has 8 nitrogen and oxygen atoms in total. The summed E-state index contributed by atoms with van der Waals surface area (Å²) >= 11 is 0. The molecule has 2 aromatic heterocycles. The molecule has 5 aromatic rings. The molecule has 1 saturated heterocycles. The third-order valence-electron chi connectivity index (χ3n) is 7.48. The molecule has 1 fully saturated rings. The van der Waals surface area contributed by atoms with Gasteiger partial charge in [-0.05, 0) is 54.8 Å². The number of ether oxygens (including phenoxy) is 2. The van der Waals surface area contributed by atoms with Gasteiger partial charge in [0.2, 0.25) is 0 Å². The molecule has 1 amide bonds. The molecule has 3 heterocycles. The Balaban J connectivity index is 1.48. The van der Waals surface area contributed by atoms with Crippen molar-refractivity contribution < 1.29 is 24.2 Å². The number of likely N-dealkylation sites (tertiary alicyclic amines) is 1. The Hall–Kier alpha value is -5.37. The summed E-state index contributed by atoms with van der Waals surface area (Å²) in [6, 6.07) is 29.3. The van der Waals surface area contributed by atoms with Crippen LogP contribution in [0.25, 0.3) is 11.4 Å². The number of benzene rings is 3. The van der Waals surface area contributed by atoms with Crippen molar-refractivity contribution in [2.24, 2.45) is 0 Å². The predicted octanol–water partition coefficient (Wildman–Crippen LogP) is 6.24. The summed E-state index contributed by atoms with van der Waals surface area (Å²) in [4.78, 5) is 33.4. The van der Waals surface area contributed by atoms with E-state index >= 15 is 0 Å². The molecule has 0 saturated carbocycles. The number of ketones is 1. The van der Waals surface area contributed by atoms with Crippen molar-refractivity contribution in [2.45, 2.75) is 33.0 Å². The second-order valence-electron chi connectivity index (χ2n) is 10.3. The smallest absolute Gasteiger partial charge is 0.295 e. The van der Waals surface area contributed by atoms with Crippen molar-refractivity contribution in [1.82, 2.24) is 14.3 Å². The van der Waals surface area contributed by atoms with E-state index in [-0.39, 0.29) is 17.9 Å². The SMILES string of the molecule is CCOc1cc(C2C(=C(O)c3c(C)nc4ccccn34)C(=O)C(=O)N2Cc2ccccc2)ccc1OCc1ccccc1. The first-order valence-electron chi connectivity index (χ1n) is 14.2. The molecular formula is C35H31N3O5. The molecule has 3 aromatic carbocycles. The molecule has 0 spiro atoms. The summed E-state index contributed by atoms with van der Waals surface area (Å²) in [6.07, 6.45) is 1.77. The van der Waals surface area contributed by atoms with Crippen molar-refractivity contribution in [3.8, 4) is 11.5 Å². The standard InChI is InChI=1S/C35H31N3O5/c1-3-42-28-20-26(17-18-27(28)43-22-25-14-8-5-9-15-25)32-30(33(39)31-23(2)36-29-16-10-11-19-37(29)31)34(40)35(41)38(32)21-24-12-6-4-7-13-24/h4-20,32,39H,3,21-22H2,1-2H3. The van der Waals surface area contributed by atoms with Gasteiger partial charge in [-0.25, -0.2) is 4.98 Å². The number of amides is 1. The van der Waals surface area contributed by atoms with Gasteiger partial charge >= 0.3 is 0 Å². The molecule has 216 valence electrons. The lowest BCUT2D eigenvalue weighted by molar-refractivity contribution is -0.140. The van der Waals surface area contributed by atoms with E-state index in [0.29, 0.717) is 47.3 Å². The zero-order valence-electron chi connectivity index (χ0n) is 23.9. The summed E-state index contributed by atoms with van der Waals surface area (Å²) < 4.78 is 13.8. The summed E-state index contributed by atoms with van der Waals surface area (Å²) in [6.45, 7) is 4.55. The van der Waals surface area contributed by atoms with E-state index < -0.39 is 17.7 Å². The second-order valence-corrected chi connectivity index (χ2v) is 10.3. The quantitative estimate of drug-likeness (QED) is 0.127. The summed E-state index contributed by atoms with van der Waals surface area (Å²) in [5.41, 5.74) is 3.99. The van der Waals surface area contributed by atoms with E-state index in [9.17, 15) is 14.7 Å². The zero-order chi connectivity index (χ0) is 29.9. The molecule has 6 rings (SSSR count). The van der Waals surface area contributed by atoms with Gasteiger partial charge in [0, 0.05) is 12.7 Å². The van der Waals surface area contributed by atoms with E-state index in [1.54, 1.807) is 29.7 Å². The lowest BCUT2D eigenvalue weighted by Crippen LogP contribution is -2.29. The van der Waals surface area contributed by atoms with Crippen molar-refractivity contribution in [1.29, 1.82) is 0 Å². The van der Waals surface area contributed by atoms with E-state index in [0.717, 1.165) is 11.1 Å². The maximum absolute atomic E-state index is 13.7. The minimum Gasteiger partial charge on any atom is -0.505 e. The number of aliphatic hydroxyl groups is 1. The molecule has 1 unspecified atom stereocenters. The summed E-state index contributed by atoms with van der Waals surface area (Å²) in [5.74, 6) is -0.716. The van der Waals surface area contributed by atoms with Crippen LogP contribution in [-0.2, 0) is 22.7 Å². The average molecular weight is 574 g/mol. The van der Waals surface area contributed by atoms with Crippen LogP contribution in [0, 0.1) is 6.92 Å². The molecule has 0 radical (unpaired) electrons. The fourth-order valence-corrected chi connectivity index (χ4v) is 5.51. The van der Waals surface area contributed by atoms with Crippen molar-refractivity contribution in [3.05, 3.63) is 137 Å². The van der Waals surface area contributed by atoms with Gasteiger partial charge in [-0.15, -0.1) is 0 Å². The molecular weight excluding hydrogens is 542 g/mol. The van der Waals surface area contributed by atoms with E-state index in [1.807, 2.05) is 91.9 Å². The number of carbonyl (C=O) groups excluding carboxylic acids is 2. The first kappa shape index (κ1) is 27.8. The minimum atomic E-state index is -0.878. The average Bonchev–Trinajstić information content (AvgIpc) is 3.49. The highest BCUT2D eigenvalue weighted by Crippen LogP contribution is 2.43. The number of aliphatic hydroxyl groups excluding tert-OH is 1. The first-order chi connectivity index (χ1) is 21.0. The van der Waals surface area contributed by atoms with Crippen LogP contribution in [0.15, 0.2) is 109 Å². The van der Waals surface area contributed by atoms with Crippen LogP contribution in [-0.4, -0.2) is 37.7 Å². The highest BCUT2D eigenvalue weighted by Gasteiger charge is 2.47. The highest BCUT2D eigenvalue weighted by atomic mass is 16.5. The maximum Gasteiger partial charge on any atom is 0.295 e. The maximum atomic E-state index is 13.7. The molecule has 0 bridgehead atoms. The van der Waals surface area contributed by atoms with Crippen molar-refractivity contribution >= 4 is 23.1 Å². The van der Waals surface area contributed by atoms with Gasteiger partial charge in [-0.3, -0.25) is 14.0 Å². The number of pyridine rings is 1. The molecule has 8 heteroatoms. The molecule has 1 atom stereocenters. The van der Waals surface area contributed by atoms with Gasteiger partial charge in [-0.1, -0.05) is 72.8 Å². The molecule has 1 N–H and O–H groups in total. The number of hydrogen-bond acceptors (Lipinski definition) is 6. The van der Waals surface area contributed by atoms with Crippen LogP contribution in [0.1, 0.15) is 41.0 Å². The lowest BCUT2D eigenvalue weighted by Gasteiger charge is -2.26. The largest absolute Gasteiger partial charge is 0.505 e. The monoisotopic (exact) mass is 573 g/mol. The number of fused-ring (bicyclic) bond motifs is 1. The molecule has 0 aliphatic carbocycles. The Morgan fingerprint density at radius 1 is 0.860 bits per heavy atom. The van der Waals surface area contributed by atoms with E-state index in [2.05, 4.69) is 4.98 Å². The number of aromatic nitrogens is 2. The predicted molar refractivity (Wildman–Crippen MR) is 163 cm³/mol. The van der Waals surface area contributed by atoms with Crippen LogP contribution in [0.5, 0.6) is 11.5 Å². The number of carbonyl (C=O) groups is 2. The topological polar surface area (TPSA) is 93.4 Å². The number of Topliss-reactive ketones (excluding diaryl/α,β-unsaturated/α-hetero) is 1. The Morgan fingerprint density at radius 3 is 2.28 bits per heavy atom. The number of rotatable bonds is 9. The normalized spacial score (nSPS) is 16.1. The fourth-order valence-electron chi connectivity index (χ4n) is 5.51. The first-order valence-corrected chi connectivity index (χ1v) is 14.2. The molecule has 43 heavy (non-hydrogen) atoms. The Labute approximate surface area is 249 Å². The van der Waals surface area contributed by atoms with Gasteiger partial charge in [0.05, 0.1) is 23.9 Å². The molecule has 1 aliphatic heterocycles. The van der Waals surface area contributed by atoms with Crippen LogP contribution in [0.2, 0.25) is 0 Å². The third kappa shape index (κ3) is 5.35. The van der Waals surface area contributed by atoms with Crippen LogP contribution in [0.4, 0.5) is 0 Å². The molecule has 1 aliphatic rings. The zero-order valence-corrected chi connectivity index (χ0v) is 23.9. The van der Waals surface area contributed by atoms with Gasteiger partial charge in [-0.2, -0.15) is 0 Å². The van der Waals surface area contributed by atoms with Gasteiger partial charge in [0.25, 0.3) is 11.7 Å². The van der Waals surface area contributed by atoms with Gasteiger partial charge in [0.15, 0.2) is 17.3 Å². The highest BCUT2D eigenvalue weighted by molar-refractivity contribution is 6.46. The Kier molecular flexibility index (Phi) is 7.66. The van der Waals surface area contributed by atoms with Crippen molar-refractivity contribution in [2.75, 3.05) is 6.61 Å². The lowest BCUT2D eigenvalue weighted by atomic mass is 9.95. The van der Waals surface area contributed by atoms with Crippen LogP contribution in [0.3, 0.4) is 0 Å². The van der Waals surface area contributed by atoms with E-state index in [4.69, 9.17) is 9.47 Å². The fraction of sp³-hybridized carbons (Fsp3) is 0.171. The minimum absolute atomic E-state index is 0.00455. The summed E-state index contributed by atoms with van der Waals surface area (Å²) in [5, 5.41) is 11.8. The third-order valence-corrected chi connectivity index (χ3v) is 7.48. The van der Waals surface area contributed by atoms with Gasteiger partial charge in [0.1, 0.15) is 17.9 Å². The Morgan fingerprint density at radius 2 is 1.56 bits per heavy atom. The number of imidazole rings is 1. The van der Waals surface area contributed by atoms with Crippen molar-refractivity contribution in [3.63, 3.8) is 0 Å². The number of aryl methyl sites for hydroxylation is 1. The Bertz CT molecular complexity index is 1830. The van der Waals surface area contributed by atoms with E-state index in [1.165, 1.54) is 4.90 Å². The van der Waals surface area contributed by atoms with Crippen LogP contribution < -0.4 is 9.47 Å². The van der Waals surface area contributed by atoms with Crippen LogP contribution >= 0.6 is 0 Å². The number of hydrogen-bond donors (Lipinski definition) is 1.